The van der Waals surface area contributed by atoms with Crippen molar-refractivity contribution in [1.82, 2.24) is 10.0 Å². The lowest BCUT2D eigenvalue weighted by Gasteiger charge is -2.25. The monoisotopic (exact) mass is 310 g/mol. The zero-order chi connectivity index (χ0) is 13.9. The molecule has 0 amide bonds. The molecule has 2 aliphatic heterocycles. The van der Waals surface area contributed by atoms with Gasteiger partial charge in [0.05, 0.1) is 16.8 Å². The zero-order valence-corrected chi connectivity index (χ0v) is 12.6. The van der Waals surface area contributed by atoms with Crippen molar-refractivity contribution < 1.29 is 16.8 Å². The predicted molar refractivity (Wildman–Crippen MR) is 74.2 cm³/mol. The van der Waals surface area contributed by atoms with Crippen LogP contribution in [0, 0.1) is 0 Å². The molecule has 0 saturated carbocycles. The van der Waals surface area contributed by atoms with Crippen molar-refractivity contribution >= 4 is 19.9 Å². The summed E-state index contributed by atoms with van der Waals surface area (Å²) in [4.78, 5) is 0. The Hall–Kier alpha value is -0.180. The molecule has 2 saturated heterocycles. The average Bonchev–Trinajstić information content (AvgIpc) is 2.56. The van der Waals surface area contributed by atoms with E-state index in [9.17, 15) is 16.8 Å². The summed E-state index contributed by atoms with van der Waals surface area (Å²) in [5.74, 6) is -0.0183. The number of sulfonamides is 1. The largest absolute Gasteiger partial charge is 0.317 e. The molecule has 0 aromatic rings. The van der Waals surface area contributed by atoms with E-state index in [0.29, 0.717) is 0 Å². The average molecular weight is 310 g/mol. The van der Waals surface area contributed by atoms with Crippen molar-refractivity contribution in [1.29, 1.82) is 0 Å². The van der Waals surface area contributed by atoms with Crippen LogP contribution < -0.4 is 10.0 Å². The van der Waals surface area contributed by atoms with Crippen LogP contribution in [0.3, 0.4) is 0 Å². The molecule has 0 aliphatic carbocycles. The van der Waals surface area contributed by atoms with Gasteiger partial charge in [0.1, 0.15) is 9.84 Å². The highest BCUT2D eigenvalue weighted by atomic mass is 32.2. The van der Waals surface area contributed by atoms with Crippen LogP contribution in [-0.2, 0) is 19.9 Å². The standard InChI is InChI=1S/C11H22N2O4S2/c14-18(15)8-4-11(5-9-18)19(16,17)13-10-2-1-6-12-7-3-10/h10-13H,1-9H2. The molecule has 1 unspecified atom stereocenters. The molecule has 1 atom stereocenters. The first-order valence-corrected chi connectivity index (χ1v) is 10.2. The van der Waals surface area contributed by atoms with E-state index in [0.717, 1.165) is 32.4 Å². The van der Waals surface area contributed by atoms with E-state index in [4.69, 9.17) is 0 Å². The molecule has 0 aromatic carbocycles. The molecule has 0 bridgehead atoms. The SMILES string of the molecule is O=S1(=O)CCC(S(=O)(=O)NC2CCCNCC2)CC1. The third-order valence-electron chi connectivity index (χ3n) is 3.85. The quantitative estimate of drug-likeness (QED) is 0.742. The molecule has 2 aliphatic rings. The van der Waals surface area contributed by atoms with E-state index in [-0.39, 0.29) is 30.4 Å². The molecule has 8 heteroatoms. The van der Waals surface area contributed by atoms with E-state index in [1.165, 1.54) is 0 Å². The van der Waals surface area contributed by atoms with Gasteiger partial charge in [0, 0.05) is 6.04 Å². The van der Waals surface area contributed by atoms with Gasteiger partial charge in [-0.25, -0.2) is 21.6 Å². The molecule has 2 fully saturated rings. The lowest BCUT2D eigenvalue weighted by atomic mass is 10.1. The van der Waals surface area contributed by atoms with Gasteiger partial charge in [-0.3, -0.25) is 0 Å². The maximum atomic E-state index is 12.3. The predicted octanol–water partition coefficient (Wildman–Crippen LogP) is -0.375. The minimum atomic E-state index is -3.39. The van der Waals surface area contributed by atoms with Crippen molar-refractivity contribution in [2.24, 2.45) is 0 Å². The first kappa shape index (κ1) is 15.2. The zero-order valence-electron chi connectivity index (χ0n) is 11.0. The highest BCUT2D eigenvalue weighted by Crippen LogP contribution is 2.20. The van der Waals surface area contributed by atoms with Gasteiger partial charge in [0.15, 0.2) is 0 Å². The second-order valence-electron chi connectivity index (χ2n) is 5.39. The first-order valence-electron chi connectivity index (χ1n) is 6.81. The van der Waals surface area contributed by atoms with Crippen molar-refractivity contribution in [3.63, 3.8) is 0 Å². The number of hydrogen-bond donors (Lipinski definition) is 2. The van der Waals surface area contributed by atoms with E-state index in [2.05, 4.69) is 10.0 Å². The fourth-order valence-electron chi connectivity index (χ4n) is 2.64. The van der Waals surface area contributed by atoms with E-state index in [1.807, 2.05) is 0 Å². The topological polar surface area (TPSA) is 92.3 Å². The van der Waals surface area contributed by atoms with Crippen LogP contribution in [0.2, 0.25) is 0 Å². The Labute approximate surface area is 115 Å². The van der Waals surface area contributed by atoms with Gasteiger partial charge in [-0.2, -0.15) is 0 Å². The third kappa shape index (κ3) is 4.40. The van der Waals surface area contributed by atoms with Crippen molar-refractivity contribution in [2.75, 3.05) is 24.6 Å². The molecular formula is C11H22N2O4S2. The fourth-order valence-corrected chi connectivity index (χ4v) is 6.18. The van der Waals surface area contributed by atoms with Crippen LogP contribution >= 0.6 is 0 Å². The minimum absolute atomic E-state index is 0.00913. The Bertz CT molecular complexity index is 479. The molecular weight excluding hydrogens is 288 g/mol. The summed E-state index contributed by atoms with van der Waals surface area (Å²) >= 11 is 0. The van der Waals surface area contributed by atoms with Crippen LogP contribution in [-0.4, -0.2) is 52.7 Å². The van der Waals surface area contributed by atoms with Gasteiger partial charge < -0.3 is 5.32 Å². The van der Waals surface area contributed by atoms with Crippen LogP contribution in [0.4, 0.5) is 0 Å². The highest BCUT2D eigenvalue weighted by molar-refractivity contribution is 7.92. The van der Waals surface area contributed by atoms with Crippen LogP contribution in [0.5, 0.6) is 0 Å². The van der Waals surface area contributed by atoms with Gasteiger partial charge in [0.25, 0.3) is 0 Å². The second-order valence-corrected chi connectivity index (χ2v) is 9.69. The second kappa shape index (κ2) is 6.07. The van der Waals surface area contributed by atoms with E-state index >= 15 is 0 Å². The van der Waals surface area contributed by atoms with Gasteiger partial charge in [-0.05, 0) is 45.2 Å². The number of rotatable bonds is 3. The van der Waals surface area contributed by atoms with Crippen LogP contribution in [0.15, 0.2) is 0 Å². The van der Waals surface area contributed by atoms with Crippen LogP contribution in [0.1, 0.15) is 32.1 Å². The molecule has 6 nitrogen and oxygen atoms in total. The molecule has 2 heterocycles. The Morgan fingerprint density at radius 3 is 2.37 bits per heavy atom. The Morgan fingerprint density at radius 2 is 1.68 bits per heavy atom. The maximum Gasteiger partial charge on any atom is 0.214 e. The molecule has 0 radical (unpaired) electrons. The van der Waals surface area contributed by atoms with Crippen LogP contribution in [0.25, 0.3) is 0 Å². The van der Waals surface area contributed by atoms with Gasteiger partial charge in [0.2, 0.25) is 10.0 Å². The molecule has 0 aromatic heterocycles. The molecule has 2 N–H and O–H groups in total. The number of nitrogens with one attached hydrogen (secondary N) is 2. The lowest BCUT2D eigenvalue weighted by Crippen LogP contribution is -2.44. The summed E-state index contributed by atoms with van der Waals surface area (Å²) in [7, 11) is -6.41. The Kier molecular flexibility index (Phi) is 4.86. The van der Waals surface area contributed by atoms with E-state index < -0.39 is 25.1 Å². The normalized spacial score (nSPS) is 29.8. The van der Waals surface area contributed by atoms with Gasteiger partial charge in [-0.15, -0.1) is 0 Å². The Morgan fingerprint density at radius 1 is 1.00 bits per heavy atom. The number of sulfone groups is 1. The van der Waals surface area contributed by atoms with Gasteiger partial charge >= 0.3 is 0 Å². The molecule has 2 rings (SSSR count). The maximum absolute atomic E-state index is 12.3. The molecule has 112 valence electrons. The molecule has 19 heavy (non-hydrogen) atoms. The summed E-state index contributed by atoms with van der Waals surface area (Å²) in [6.07, 6.45) is 3.05. The van der Waals surface area contributed by atoms with Crippen molar-refractivity contribution in [2.45, 2.75) is 43.4 Å². The minimum Gasteiger partial charge on any atom is -0.317 e. The van der Waals surface area contributed by atoms with Crippen molar-refractivity contribution in [3.05, 3.63) is 0 Å². The summed E-state index contributed by atoms with van der Waals surface area (Å²) in [5, 5.41) is 2.69. The van der Waals surface area contributed by atoms with Crippen molar-refractivity contribution in [3.8, 4) is 0 Å². The first-order chi connectivity index (χ1) is 8.89. The summed E-state index contributed by atoms with van der Waals surface area (Å²) in [6.45, 7) is 1.76. The molecule has 0 spiro atoms. The fraction of sp³-hybridized carbons (Fsp3) is 1.00. The Balaban J connectivity index is 1.94. The highest BCUT2D eigenvalue weighted by Gasteiger charge is 2.33. The summed E-state index contributed by atoms with van der Waals surface area (Å²) in [5.41, 5.74) is 0. The summed E-state index contributed by atoms with van der Waals surface area (Å²) < 4.78 is 49.9. The third-order valence-corrected chi connectivity index (χ3v) is 7.57. The smallest absolute Gasteiger partial charge is 0.214 e. The van der Waals surface area contributed by atoms with Gasteiger partial charge in [-0.1, -0.05) is 0 Å². The lowest BCUT2D eigenvalue weighted by molar-refractivity contribution is 0.501. The van der Waals surface area contributed by atoms with E-state index in [1.54, 1.807) is 0 Å². The number of hydrogen-bond acceptors (Lipinski definition) is 5. The summed E-state index contributed by atoms with van der Waals surface area (Å²) in [6, 6.07) is -0.0152.